The van der Waals surface area contributed by atoms with E-state index in [1.54, 1.807) is 0 Å². The van der Waals surface area contributed by atoms with Crippen LogP contribution in [0.25, 0.3) is 0 Å². The minimum absolute atomic E-state index is 0.0164. The molecular formula is C57H109NO5. The molecule has 6 heteroatoms. The topological polar surface area (TPSA) is 95.9 Å². The van der Waals surface area contributed by atoms with Crippen LogP contribution in [0.5, 0.6) is 0 Å². The minimum atomic E-state index is -0.672. The first kappa shape index (κ1) is 61.3. The van der Waals surface area contributed by atoms with Crippen molar-refractivity contribution >= 4 is 11.9 Å². The number of carbonyl (C=O) groups is 2. The van der Waals surface area contributed by atoms with Crippen molar-refractivity contribution in [3.63, 3.8) is 0 Å². The molecule has 0 fully saturated rings. The van der Waals surface area contributed by atoms with E-state index >= 15 is 0 Å². The zero-order chi connectivity index (χ0) is 45.8. The second kappa shape index (κ2) is 53.0. The van der Waals surface area contributed by atoms with E-state index < -0.39 is 12.1 Å². The Hall–Kier alpha value is -1.66. The summed E-state index contributed by atoms with van der Waals surface area (Å²) in [6, 6.07) is -0.550. The van der Waals surface area contributed by atoms with Gasteiger partial charge in [0.1, 0.15) is 0 Å². The Labute approximate surface area is 392 Å². The highest BCUT2D eigenvalue weighted by Crippen LogP contribution is 2.17. The van der Waals surface area contributed by atoms with Gasteiger partial charge in [0.2, 0.25) is 5.91 Å². The van der Waals surface area contributed by atoms with E-state index in [4.69, 9.17) is 4.74 Å². The molecule has 0 saturated carbocycles. The summed E-state index contributed by atoms with van der Waals surface area (Å²) in [5, 5.41) is 23.3. The zero-order valence-electron chi connectivity index (χ0n) is 42.3. The summed E-state index contributed by atoms with van der Waals surface area (Å²) in [6.45, 7) is 4.90. The number of esters is 1. The van der Waals surface area contributed by atoms with Crippen molar-refractivity contribution in [2.45, 2.75) is 315 Å². The van der Waals surface area contributed by atoms with Gasteiger partial charge in [-0.05, 0) is 51.4 Å². The number of ether oxygens (including phenoxy) is 1. The average molecular weight is 889 g/mol. The van der Waals surface area contributed by atoms with Crippen molar-refractivity contribution in [1.29, 1.82) is 0 Å². The molecule has 0 aliphatic carbocycles. The van der Waals surface area contributed by atoms with Gasteiger partial charge in [0.05, 0.1) is 25.4 Å². The summed E-state index contributed by atoms with van der Waals surface area (Å²) in [4.78, 5) is 24.5. The van der Waals surface area contributed by atoms with Crippen LogP contribution in [0.3, 0.4) is 0 Å². The van der Waals surface area contributed by atoms with Crippen LogP contribution in [0.2, 0.25) is 0 Å². The molecule has 0 bridgehead atoms. The number of allylic oxidation sites excluding steroid dienone is 4. The molecule has 63 heavy (non-hydrogen) atoms. The van der Waals surface area contributed by atoms with Crippen LogP contribution in [-0.4, -0.2) is 47.4 Å². The molecule has 0 radical (unpaired) electrons. The first-order valence-electron chi connectivity index (χ1n) is 28.1. The molecule has 0 aromatic heterocycles. The smallest absolute Gasteiger partial charge is 0.305 e. The van der Waals surface area contributed by atoms with Gasteiger partial charge in [-0.3, -0.25) is 9.59 Å². The van der Waals surface area contributed by atoms with Gasteiger partial charge in [0, 0.05) is 12.8 Å². The molecule has 0 aromatic rings. The van der Waals surface area contributed by atoms with Crippen LogP contribution in [0, 0.1) is 0 Å². The second-order valence-corrected chi connectivity index (χ2v) is 19.3. The van der Waals surface area contributed by atoms with Gasteiger partial charge in [-0.2, -0.15) is 0 Å². The van der Waals surface area contributed by atoms with Gasteiger partial charge in [0.25, 0.3) is 0 Å². The Kier molecular flexibility index (Phi) is 51.6. The summed E-state index contributed by atoms with van der Waals surface area (Å²) in [5.74, 6) is -0.0605. The Balaban J connectivity index is 3.45. The summed E-state index contributed by atoms with van der Waals surface area (Å²) in [7, 11) is 0. The van der Waals surface area contributed by atoms with Gasteiger partial charge in [-0.25, -0.2) is 0 Å². The number of hydrogen-bond acceptors (Lipinski definition) is 5. The van der Waals surface area contributed by atoms with E-state index in [9.17, 15) is 19.8 Å². The highest BCUT2D eigenvalue weighted by Gasteiger charge is 2.20. The molecule has 2 atom stereocenters. The third-order valence-electron chi connectivity index (χ3n) is 13.0. The van der Waals surface area contributed by atoms with Crippen molar-refractivity contribution in [2.24, 2.45) is 0 Å². The van der Waals surface area contributed by atoms with E-state index in [1.807, 2.05) is 0 Å². The number of carbonyl (C=O) groups excluding carboxylic acids is 2. The summed E-state index contributed by atoms with van der Waals surface area (Å²) < 4.78 is 5.46. The maximum Gasteiger partial charge on any atom is 0.305 e. The van der Waals surface area contributed by atoms with E-state index in [1.165, 1.54) is 212 Å². The van der Waals surface area contributed by atoms with Gasteiger partial charge >= 0.3 is 5.97 Å². The Morgan fingerprint density at radius 3 is 1.25 bits per heavy atom. The summed E-state index contributed by atoms with van der Waals surface area (Å²) >= 11 is 0. The number of hydrogen-bond donors (Lipinski definition) is 3. The molecule has 2 unspecified atom stereocenters. The van der Waals surface area contributed by atoms with Crippen molar-refractivity contribution in [1.82, 2.24) is 5.32 Å². The molecule has 0 spiro atoms. The molecule has 0 aromatic carbocycles. The van der Waals surface area contributed by atoms with Gasteiger partial charge < -0.3 is 20.3 Å². The lowest BCUT2D eigenvalue weighted by molar-refractivity contribution is -0.143. The third kappa shape index (κ3) is 49.6. The number of rotatable bonds is 52. The molecule has 0 aliphatic heterocycles. The van der Waals surface area contributed by atoms with E-state index in [0.29, 0.717) is 25.9 Å². The van der Waals surface area contributed by atoms with Crippen LogP contribution < -0.4 is 5.32 Å². The van der Waals surface area contributed by atoms with E-state index in [2.05, 4.69) is 43.5 Å². The molecule has 372 valence electrons. The van der Waals surface area contributed by atoms with E-state index in [-0.39, 0.29) is 18.5 Å². The normalized spacial score (nSPS) is 12.8. The largest absolute Gasteiger partial charge is 0.466 e. The molecule has 1 amide bonds. The standard InChI is InChI=1S/C57H109NO5/c1-3-5-7-9-11-13-15-17-19-20-21-22-25-29-33-37-41-45-49-55(60)54(53-59)58-56(61)50-46-42-38-34-30-26-23-24-28-32-36-40-44-48-52-63-57(62)51-47-43-39-35-31-27-18-16-14-12-10-8-6-4-2/h10,12,16,18,54-55,59-60H,3-9,11,13-15,17,19-53H2,1-2H3,(H,58,61)/b12-10-,18-16-. The number of aliphatic hydroxyl groups excluding tert-OH is 2. The lowest BCUT2D eigenvalue weighted by Crippen LogP contribution is -2.45. The number of aliphatic hydroxyl groups is 2. The first-order chi connectivity index (χ1) is 31.0. The van der Waals surface area contributed by atoms with Crippen LogP contribution in [0.4, 0.5) is 0 Å². The van der Waals surface area contributed by atoms with Crippen LogP contribution in [0.1, 0.15) is 303 Å². The molecule has 3 N–H and O–H groups in total. The lowest BCUT2D eigenvalue weighted by atomic mass is 10.0. The highest BCUT2D eigenvalue weighted by atomic mass is 16.5. The van der Waals surface area contributed by atoms with E-state index in [0.717, 1.165) is 57.8 Å². The molecular weight excluding hydrogens is 779 g/mol. The van der Waals surface area contributed by atoms with Crippen molar-refractivity contribution in [2.75, 3.05) is 13.2 Å². The van der Waals surface area contributed by atoms with Crippen molar-refractivity contribution in [3.05, 3.63) is 24.3 Å². The fraction of sp³-hybridized carbons (Fsp3) is 0.895. The van der Waals surface area contributed by atoms with Crippen molar-refractivity contribution < 1.29 is 24.5 Å². The molecule has 6 nitrogen and oxygen atoms in total. The lowest BCUT2D eigenvalue weighted by Gasteiger charge is -2.22. The summed E-state index contributed by atoms with van der Waals surface area (Å²) in [6.07, 6.45) is 62.9. The molecule has 0 rings (SSSR count). The maximum absolute atomic E-state index is 12.5. The maximum atomic E-state index is 12.5. The van der Waals surface area contributed by atoms with Crippen molar-refractivity contribution in [3.8, 4) is 0 Å². The summed E-state index contributed by atoms with van der Waals surface area (Å²) in [5.41, 5.74) is 0. The molecule has 0 heterocycles. The SMILES string of the molecule is CCCC/C=C\C/C=C\CCCCCCCC(=O)OCCCCCCCCCCCCCCCCC(=O)NC(CO)C(O)CCCCCCCCCCCCCCCCCCCC. The monoisotopic (exact) mass is 888 g/mol. The molecule has 0 aliphatic rings. The zero-order valence-corrected chi connectivity index (χ0v) is 42.3. The Morgan fingerprint density at radius 2 is 0.810 bits per heavy atom. The number of nitrogens with one attached hydrogen (secondary N) is 1. The highest BCUT2D eigenvalue weighted by molar-refractivity contribution is 5.76. The number of amides is 1. The molecule has 0 saturated heterocycles. The quantitative estimate of drug-likeness (QED) is 0.0321. The number of unbranched alkanes of at least 4 members (excludes halogenated alkanes) is 37. The third-order valence-corrected chi connectivity index (χ3v) is 13.0. The fourth-order valence-electron chi connectivity index (χ4n) is 8.66. The Morgan fingerprint density at radius 1 is 0.444 bits per heavy atom. The van der Waals surface area contributed by atoms with Crippen LogP contribution in [0.15, 0.2) is 24.3 Å². The first-order valence-corrected chi connectivity index (χ1v) is 28.1. The van der Waals surface area contributed by atoms with Gasteiger partial charge in [-0.15, -0.1) is 0 Å². The average Bonchev–Trinajstić information content (AvgIpc) is 3.28. The second-order valence-electron chi connectivity index (χ2n) is 19.3. The van der Waals surface area contributed by atoms with Crippen LogP contribution >= 0.6 is 0 Å². The van der Waals surface area contributed by atoms with Crippen LogP contribution in [-0.2, 0) is 14.3 Å². The fourth-order valence-corrected chi connectivity index (χ4v) is 8.66. The Bertz CT molecular complexity index is 982. The predicted molar refractivity (Wildman–Crippen MR) is 273 cm³/mol. The minimum Gasteiger partial charge on any atom is -0.466 e. The predicted octanol–water partition coefficient (Wildman–Crippen LogP) is 17.1. The van der Waals surface area contributed by atoms with Gasteiger partial charge in [0.15, 0.2) is 0 Å². The van der Waals surface area contributed by atoms with Gasteiger partial charge in [-0.1, -0.05) is 263 Å².